The zero-order valence-electron chi connectivity index (χ0n) is 14.0. The zero-order chi connectivity index (χ0) is 16.8. The van der Waals surface area contributed by atoms with Crippen molar-refractivity contribution in [3.63, 3.8) is 0 Å². The summed E-state index contributed by atoms with van der Waals surface area (Å²) in [5.41, 5.74) is 1.72. The van der Waals surface area contributed by atoms with Crippen LogP contribution >= 0.6 is 0 Å². The molecule has 5 nitrogen and oxygen atoms in total. The van der Waals surface area contributed by atoms with Gasteiger partial charge < -0.3 is 9.64 Å². The third-order valence-corrected chi connectivity index (χ3v) is 4.19. The van der Waals surface area contributed by atoms with Crippen molar-refractivity contribution in [2.75, 3.05) is 32.8 Å². The van der Waals surface area contributed by atoms with Gasteiger partial charge >= 0.3 is 0 Å². The molecule has 0 spiro atoms. The number of para-hydroxylation sites is 1. The Labute approximate surface area is 142 Å². The number of nitrogens with zero attached hydrogens (tertiary/aromatic N) is 3. The first-order valence-electron chi connectivity index (χ1n) is 8.41. The molecule has 1 amide bonds. The third kappa shape index (κ3) is 3.92. The number of benzene rings is 1. The molecule has 3 rings (SSSR count). The van der Waals surface area contributed by atoms with E-state index in [1.807, 2.05) is 60.5 Å². The third-order valence-electron chi connectivity index (χ3n) is 4.19. The minimum atomic E-state index is 0.0523. The van der Waals surface area contributed by atoms with E-state index in [9.17, 15) is 4.79 Å². The Morgan fingerprint density at radius 2 is 1.83 bits per heavy atom. The van der Waals surface area contributed by atoms with Gasteiger partial charge in [-0.05, 0) is 31.2 Å². The molecule has 2 heterocycles. The smallest absolute Gasteiger partial charge is 0.257 e. The molecule has 5 heteroatoms. The number of carbonyl (C=O) groups is 1. The van der Waals surface area contributed by atoms with Crippen LogP contribution in [0.15, 0.2) is 48.7 Å². The molecule has 2 aromatic rings. The van der Waals surface area contributed by atoms with Crippen LogP contribution < -0.4 is 4.74 Å². The van der Waals surface area contributed by atoms with Crippen LogP contribution in [0.25, 0.3) is 0 Å². The van der Waals surface area contributed by atoms with Crippen LogP contribution in [0, 0.1) is 0 Å². The van der Waals surface area contributed by atoms with Crippen LogP contribution in [0.1, 0.15) is 23.0 Å². The molecule has 0 aliphatic carbocycles. The zero-order valence-corrected chi connectivity index (χ0v) is 14.0. The van der Waals surface area contributed by atoms with E-state index in [0.29, 0.717) is 17.9 Å². The van der Waals surface area contributed by atoms with Gasteiger partial charge in [-0.25, -0.2) is 0 Å². The second-order valence-electron chi connectivity index (χ2n) is 5.82. The topological polar surface area (TPSA) is 45.7 Å². The molecular weight excluding hydrogens is 302 g/mol. The van der Waals surface area contributed by atoms with Crippen LogP contribution in [0.2, 0.25) is 0 Å². The second kappa shape index (κ2) is 7.93. The van der Waals surface area contributed by atoms with Crippen molar-refractivity contribution in [3.05, 3.63) is 59.9 Å². The Morgan fingerprint density at radius 1 is 1.08 bits per heavy atom. The van der Waals surface area contributed by atoms with Gasteiger partial charge in [0.15, 0.2) is 0 Å². The summed E-state index contributed by atoms with van der Waals surface area (Å²) >= 11 is 0. The molecule has 1 aliphatic heterocycles. The van der Waals surface area contributed by atoms with Gasteiger partial charge in [0.25, 0.3) is 5.91 Å². The fourth-order valence-electron chi connectivity index (χ4n) is 2.92. The van der Waals surface area contributed by atoms with E-state index in [2.05, 4.69) is 9.88 Å². The van der Waals surface area contributed by atoms with E-state index < -0.39 is 0 Å². The molecule has 0 bridgehead atoms. The molecule has 1 fully saturated rings. The van der Waals surface area contributed by atoms with Crippen molar-refractivity contribution in [1.29, 1.82) is 0 Å². The van der Waals surface area contributed by atoms with Crippen LogP contribution in [0.5, 0.6) is 5.75 Å². The van der Waals surface area contributed by atoms with Gasteiger partial charge in [0, 0.05) is 38.9 Å². The molecule has 126 valence electrons. The van der Waals surface area contributed by atoms with Gasteiger partial charge in [-0.15, -0.1) is 0 Å². The van der Waals surface area contributed by atoms with E-state index in [1.165, 1.54) is 0 Å². The maximum atomic E-state index is 12.8. The number of rotatable bonds is 5. The first kappa shape index (κ1) is 16.5. The summed E-state index contributed by atoms with van der Waals surface area (Å²) in [7, 11) is 0. The van der Waals surface area contributed by atoms with Gasteiger partial charge in [0.05, 0.1) is 17.9 Å². The van der Waals surface area contributed by atoms with E-state index in [-0.39, 0.29) is 5.91 Å². The van der Waals surface area contributed by atoms with Crippen LogP contribution in [-0.4, -0.2) is 53.5 Å². The van der Waals surface area contributed by atoms with E-state index in [0.717, 1.165) is 38.4 Å². The lowest BCUT2D eigenvalue weighted by Crippen LogP contribution is -2.48. The fraction of sp³-hybridized carbons (Fsp3) is 0.368. The standard InChI is InChI=1S/C19H23N3O2/c1-2-24-18-9-4-3-8-17(18)19(23)22-13-11-21(12-14-22)15-16-7-5-6-10-20-16/h3-10H,2,11-15H2,1H3. The van der Waals surface area contributed by atoms with Crippen molar-refractivity contribution < 1.29 is 9.53 Å². The highest BCUT2D eigenvalue weighted by molar-refractivity contribution is 5.97. The Morgan fingerprint density at radius 3 is 2.54 bits per heavy atom. The van der Waals surface area contributed by atoms with Gasteiger partial charge in [-0.2, -0.15) is 0 Å². The molecule has 0 saturated carbocycles. The SMILES string of the molecule is CCOc1ccccc1C(=O)N1CCN(Cc2ccccn2)CC1. The van der Waals surface area contributed by atoms with Gasteiger partial charge in [0.1, 0.15) is 5.75 Å². The summed E-state index contributed by atoms with van der Waals surface area (Å²) in [5.74, 6) is 0.720. The minimum Gasteiger partial charge on any atom is -0.493 e. The summed E-state index contributed by atoms with van der Waals surface area (Å²) < 4.78 is 5.58. The van der Waals surface area contributed by atoms with Crippen molar-refractivity contribution in [2.24, 2.45) is 0 Å². The van der Waals surface area contributed by atoms with E-state index in [1.54, 1.807) is 0 Å². The maximum Gasteiger partial charge on any atom is 0.257 e. The summed E-state index contributed by atoms with van der Waals surface area (Å²) in [6.07, 6.45) is 1.82. The molecule has 0 radical (unpaired) electrons. The Kier molecular flexibility index (Phi) is 5.43. The molecule has 1 aromatic heterocycles. The van der Waals surface area contributed by atoms with Crippen molar-refractivity contribution in [3.8, 4) is 5.75 Å². The highest BCUT2D eigenvalue weighted by Crippen LogP contribution is 2.21. The highest BCUT2D eigenvalue weighted by atomic mass is 16.5. The first-order chi connectivity index (χ1) is 11.8. The van der Waals surface area contributed by atoms with E-state index in [4.69, 9.17) is 4.74 Å². The van der Waals surface area contributed by atoms with Crippen molar-refractivity contribution >= 4 is 5.91 Å². The summed E-state index contributed by atoms with van der Waals surface area (Å²) in [5, 5.41) is 0. The molecule has 24 heavy (non-hydrogen) atoms. The number of ether oxygens (including phenoxy) is 1. The van der Waals surface area contributed by atoms with E-state index >= 15 is 0 Å². The number of aromatic nitrogens is 1. The fourth-order valence-corrected chi connectivity index (χ4v) is 2.92. The largest absolute Gasteiger partial charge is 0.493 e. The number of piperazine rings is 1. The lowest BCUT2D eigenvalue weighted by atomic mass is 10.1. The quantitative estimate of drug-likeness (QED) is 0.847. The summed E-state index contributed by atoms with van der Waals surface area (Å²) in [6.45, 7) is 6.49. The van der Waals surface area contributed by atoms with Crippen molar-refractivity contribution in [1.82, 2.24) is 14.8 Å². The Hall–Kier alpha value is -2.40. The summed E-state index contributed by atoms with van der Waals surface area (Å²) in [4.78, 5) is 21.4. The predicted molar refractivity (Wildman–Crippen MR) is 93.0 cm³/mol. The Balaban J connectivity index is 1.59. The number of carbonyl (C=O) groups excluding carboxylic acids is 1. The molecular formula is C19H23N3O2. The first-order valence-corrected chi connectivity index (χ1v) is 8.41. The average molecular weight is 325 g/mol. The molecule has 0 unspecified atom stereocenters. The molecule has 1 aliphatic rings. The number of pyridine rings is 1. The van der Waals surface area contributed by atoms with Gasteiger partial charge in [0.2, 0.25) is 0 Å². The number of hydrogen-bond donors (Lipinski definition) is 0. The molecule has 1 aromatic carbocycles. The number of amides is 1. The minimum absolute atomic E-state index is 0.0523. The normalized spacial score (nSPS) is 15.3. The monoisotopic (exact) mass is 325 g/mol. The predicted octanol–water partition coefficient (Wildman–Crippen LogP) is 2.44. The van der Waals surface area contributed by atoms with Crippen LogP contribution in [0.4, 0.5) is 0 Å². The molecule has 0 N–H and O–H groups in total. The lowest BCUT2D eigenvalue weighted by molar-refractivity contribution is 0.0623. The van der Waals surface area contributed by atoms with Crippen LogP contribution in [-0.2, 0) is 6.54 Å². The van der Waals surface area contributed by atoms with Gasteiger partial charge in [-0.3, -0.25) is 14.7 Å². The van der Waals surface area contributed by atoms with Crippen LogP contribution in [0.3, 0.4) is 0 Å². The Bertz CT molecular complexity index is 667. The van der Waals surface area contributed by atoms with Gasteiger partial charge in [-0.1, -0.05) is 18.2 Å². The average Bonchev–Trinajstić information content (AvgIpc) is 2.63. The van der Waals surface area contributed by atoms with Crippen molar-refractivity contribution in [2.45, 2.75) is 13.5 Å². The second-order valence-corrected chi connectivity index (χ2v) is 5.82. The lowest BCUT2D eigenvalue weighted by Gasteiger charge is -2.34. The molecule has 0 atom stereocenters. The summed E-state index contributed by atoms with van der Waals surface area (Å²) in [6, 6.07) is 13.4. The molecule has 1 saturated heterocycles. The highest BCUT2D eigenvalue weighted by Gasteiger charge is 2.24. The maximum absolute atomic E-state index is 12.8. The number of hydrogen-bond acceptors (Lipinski definition) is 4.